The Balaban J connectivity index is 1.63. The Hall–Kier alpha value is -2.37. The molecule has 3 aromatic rings. The van der Waals surface area contributed by atoms with Crippen LogP contribution in [0.2, 0.25) is 0 Å². The molecule has 0 aliphatic carbocycles. The number of furan rings is 1. The van der Waals surface area contributed by atoms with Crippen LogP contribution in [0.25, 0.3) is 5.65 Å². The second kappa shape index (κ2) is 5.32. The molecule has 0 saturated carbocycles. The maximum absolute atomic E-state index is 13.1. The van der Waals surface area contributed by atoms with Gasteiger partial charge in [-0.2, -0.15) is 4.98 Å². The van der Waals surface area contributed by atoms with Crippen molar-refractivity contribution >= 4 is 11.6 Å². The van der Waals surface area contributed by atoms with Crippen LogP contribution in [0, 0.1) is 5.82 Å². The van der Waals surface area contributed by atoms with Crippen LogP contribution in [-0.4, -0.2) is 20.6 Å². The molecule has 0 aromatic carbocycles. The summed E-state index contributed by atoms with van der Waals surface area (Å²) in [6, 6.07) is 7.00. The topological polar surface area (TPSA) is 55.4 Å². The second-order valence-corrected chi connectivity index (χ2v) is 4.75. The van der Waals surface area contributed by atoms with E-state index in [1.54, 1.807) is 12.3 Å². The largest absolute Gasteiger partial charge is 0.469 e. The van der Waals surface area contributed by atoms with Crippen molar-refractivity contribution in [3.63, 3.8) is 0 Å². The molecular formula is C14H15FN4O. The number of hydrogen-bond donors (Lipinski definition) is 1. The van der Waals surface area contributed by atoms with Crippen LogP contribution >= 0.6 is 0 Å². The Bertz CT molecular complexity index is 692. The van der Waals surface area contributed by atoms with E-state index in [1.807, 2.05) is 12.1 Å². The predicted octanol–water partition coefficient (Wildman–Crippen LogP) is 2.89. The summed E-state index contributed by atoms with van der Waals surface area (Å²) in [7, 11) is 0. The van der Waals surface area contributed by atoms with Gasteiger partial charge in [-0.25, -0.2) is 8.91 Å². The SMILES string of the molecule is CC(CCc1ccco1)Nc1nc2ccc(F)cn2n1. The van der Waals surface area contributed by atoms with Crippen LogP contribution < -0.4 is 5.32 Å². The Morgan fingerprint density at radius 1 is 1.40 bits per heavy atom. The lowest BCUT2D eigenvalue weighted by Crippen LogP contribution is -2.16. The lowest BCUT2D eigenvalue weighted by Gasteiger charge is -2.10. The van der Waals surface area contributed by atoms with Crippen molar-refractivity contribution < 1.29 is 8.81 Å². The molecule has 3 rings (SSSR count). The van der Waals surface area contributed by atoms with E-state index in [-0.39, 0.29) is 11.9 Å². The van der Waals surface area contributed by atoms with Crippen molar-refractivity contribution in [3.8, 4) is 0 Å². The smallest absolute Gasteiger partial charge is 0.243 e. The zero-order valence-electron chi connectivity index (χ0n) is 11.1. The molecule has 1 N–H and O–H groups in total. The maximum Gasteiger partial charge on any atom is 0.243 e. The maximum atomic E-state index is 13.1. The third kappa shape index (κ3) is 2.79. The van der Waals surface area contributed by atoms with E-state index in [1.165, 1.54) is 16.8 Å². The number of halogens is 1. The number of aryl methyl sites for hydroxylation is 1. The number of rotatable bonds is 5. The normalized spacial score (nSPS) is 12.7. The average molecular weight is 274 g/mol. The van der Waals surface area contributed by atoms with Crippen LogP contribution in [-0.2, 0) is 6.42 Å². The minimum atomic E-state index is -0.334. The summed E-state index contributed by atoms with van der Waals surface area (Å²) in [5.41, 5.74) is 0.618. The molecule has 0 radical (unpaired) electrons. The lowest BCUT2D eigenvalue weighted by atomic mass is 10.1. The van der Waals surface area contributed by atoms with E-state index in [4.69, 9.17) is 4.42 Å². The minimum absolute atomic E-state index is 0.197. The minimum Gasteiger partial charge on any atom is -0.469 e. The zero-order valence-corrected chi connectivity index (χ0v) is 11.1. The number of pyridine rings is 1. The molecular weight excluding hydrogens is 259 g/mol. The number of nitrogens with zero attached hydrogens (tertiary/aromatic N) is 3. The van der Waals surface area contributed by atoms with Gasteiger partial charge in [-0.3, -0.25) is 0 Å². The highest BCUT2D eigenvalue weighted by Crippen LogP contribution is 2.11. The highest BCUT2D eigenvalue weighted by Gasteiger charge is 2.08. The number of hydrogen-bond acceptors (Lipinski definition) is 4. The van der Waals surface area contributed by atoms with Gasteiger partial charge in [0.2, 0.25) is 5.95 Å². The molecule has 1 unspecified atom stereocenters. The Kier molecular flexibility index (Phi) is 3.37. The second-order valence-electron chi connectivity index (χ2n) is 4.75. The van der Waals surface area contributed by atoms with Crippen molar-refractivity contribution in [2.24, 2.45) is 0 Å². The Morgan fingerprint density at radius 3 is 3.10 bits per heavy atom. The van der Waals surface area contributed by atoms with E-state index in [9.17, 15) is 4.39 Å². The molecule has 3 heterocycles. The summed E-state index contributed by atoms with van der Waals surface area (Å²) in [5, 5.41) is 7.40. The molecule has 5 nitrogen and oxygen atoms in total. The summed E-state index contributed by atoms with van der Waals surface area (Å²) >= 11 is 0. The van der Waals surface area contributed by atoms with Gasteiger partial charge in [0.15, 0.2) is 5.65 Å². The first-order valence-electron chi connectivity index (χ1n) is 6.51. The highest BCUT2D eigenvalue weighted by molar-refractivity contribution is 5.43. The fraction of sp³-hybridized carbons (Fsp3) is 0.286. The Labute approximate surface area is 115 Å². The molecule has 0 amide bonds. The number of nitrogens with one attached hydrogen (secondary N) is 1. The van der Waals surface area contributed by atoms with Gasteiger partial charge in [0.05, 0.1) is 12.5 Å². The van der Waals surface area contributed by atoms with Crippen LogP contribution in [0.15, 0.2) is 41.1 Å². The van der Waals surface area contributed by atoms with Crippen molar-refractivity contribution in [3.05, 3.63) is 48.3 Å². The average Bonchev–Trinajstić information content (AvgIpc) is 3.04. The van der Waals surface area contributed by atoms with E-state index in [0.717, 1.165) is 18.6 Å². The molecule has 1 atom stereocenters. The van der Waals surface area contributed by atoms with Gasteiger partial charge in [-0.15, -0.1) is 5.10 Å². The zero-order chi connectivity index (χ0) is 13.9. The number of aromatic nitrogens is 3. The third-order valence-electron chi connectivity index (χ3n) is 3.07. The van der Waals surface area contributed by atoms with E-state index < -0.39 is 0 Å². The van der Waals surface area contributed by atoms with E-state index >= 15 is 0 Å². The van der Waals surface area contributed by atoms with Gasteiger partial charge in [0.25, 0.3) is 0 Å². The van der Waals surface area contributed by atoms with E-state index in [0.29, 0.717) is 11.6 Å². The van der Waals surface area contributed by atoms with Crippen LogP contribution in [0.3, 0.4) is 0 Å². The fourth-order valence-corrected chi connectivity index (χ4v) is 2.03. The number of fused-ring (bicyclic) bond motifs is 1. The molecule has 0 aliphatic rings. The molecule has 6 heteroatoms. The molecule has 0 saturated heterocycles. The van der Waals surface area contributed by atoms with Gasteiger partial charge < -0.3 is 9.73 Å². The van der Waals surface area contributed by atoms with Crippen molar-refractivity contribution in [1.82, 2.24) is 14.6 Å². The summed E-state index contributed by atoms with van der Waals surface area (Å²) in [5.74, 6) is 1.13. The molecule has 0 fully saturated rings. The fourth-order valence-electron chi connectivity index (χ4n) is 2.03. The highest BCUT2D eigenvalue weighted by atomic mass is 19.1. The molecule has 0 aliphatic heterocycles. The first kappa shape index (κ1) is 12.7. The molecule has 0 spiro atoms. The summed E-state index contributed by atoms with van der Waals surface area (Å²) in [4.78, 5) is 4.29. The standard InChI is InChI=1S/C14H15FN4O/c1-10(4-6-12-3-2-8-20-12)16-14-17-13-7-5-11(15)9-19(13)18-14/h2-3,5,7-10H,4,6H2,1H3,(H,16,18). The molecule has 104 valence electrons. The summed E-state index contributed by atoms with van der Waals surface area (Å²) in [6.07, 6.45) is 4.73. The number of anilines is 1. The first-order chi connectivity index (χ1) is 9.70. The van der Waals surface area contributed by atoms with Gasteiger partial charge in [0, 0.05) is 12.5 Å². The van der Waals surface area contributed by atoms with Gasteiger partial charge in [-0.1, -0.05) is 0 Å². The summed E-state index contributed by atoms with van der Waals surface area (Å²) < 4.78 is 19.8. The van der Waals surface area contributed by atoms with Crippen LogP contribution in [0.1, 0.15) is 19.1 Å². The molecule has 3 aromatic heterocycles. The monoisotopic (exact) mass is 274 g/mol. The third-order valence-corrected chi connectivity index (χ3v) is 3.07. The van der Waals surface area contributed by atoms with Crippen molar-refractivity contribution in [2.45, 2.75) is 25.8 Å². The lowest BCUT2D eigenvalue weighted by molar-refractivity contribution is 0.494. The predicted molar refractivity (Wildman–Crippen MR) is 73.1 cm³/mol. The van der Waals surface area contributed by atoms with Gasteiger partial charge in [0.1, 0.15) is 11.6 Å². The quantitative estimate of drug-likeness (QED) is 0.777. The summed E-state index contributed by atoms with van der Waals surface area (Å²) in [6.45, 7) is 2.05. The van der Waals surface area contributed by atoms with Crippen LogP contribution in [0.5, 0.6) is 0 Å². The molecule has 20 heavy (non-hydrogen) atoms. The van der Waals surface area contributed by atoms with Gasteiger partial charge >= 0.3 is 0 Å². The van der Waals surface area contributed by atoms with Crippen molar-refractivity contribution in [2.75, 3.05) is 5.32 Å². The van der Waals surface area contributed by atoms with Crippen LogP contribution in [0.4, 0.5) is 10.3 Å². The van der Waals surface area contributed by atoms with Crippen molar-refractivity contribution in [1.29, 1.82) is 0 Å². The first-order valence-corrected chi connectivity index (χ1v) is 6.51. The molecule has 0 bridgehead atoms. The van der Waals surface area contributed by atoms with E-state index in [2.05, 4.69) is 22.3 Å². The Morgan fingerprint density at radius 2 is 2.30 bits per heavy atom. The van der Waals surface area contributed by atoms with Gasteiger partial charge in [-0.05, 0) is 37.6 Å².